The van der Waals surface area contributed by atoms with Gasteiger partial charge in [0.25, 0.3) is 5.69 Å². The van der Waals surface area contributed by atoms with Gasteiger partial charge in [-0.2, -0.15) is 4.31 Å². The minimum absolute atomic E-state index is 0.00593. The van der Waals surface area contributed by atoms with Gasteiger partial charge in [-0.05, 0) is 30.5 Å². The maximum Gasteiger partial charge on any atom is 0.269 e. The fourth-order valence-corrected chi connectivity index (χ4v) is 6.05. The molecule has 10 heteroatoms. The van der Waals surface area contributed by atoms with E-state index in [1.807, 2.05) is 30.3 Å². The molecule has 0 N–H and O–H groups in total. The number of sulfonamides is 1. The van der Waals surface area contributed by atoms with Gasteiger partial charge in [0, 0.05) is 37.6 Å². The molecule has 2 heterocycles. The Morgan fingerprint density at radius 2 is 1.83 bits per heavy atom. The lowest BCUT2D eigenvalue weighted by Crippen LogP contribution is -2.39. The van der Waals surface area contributed by atoms with Gasteiger partial charge < -0.3 is 0 Å². The molecule has 0 spiro atoms. The van der Waals surface area contributed by atoms with Crippen LogP contribution < -0.4 is 0 Å². The second-order valence-corrected chi connectivity index (χ2v) is 10.2. The summed E-state index contributed by atoms with van der Waals surface area (Å²) < 4.78 is 27.5. The van der Waals surface area contributed by atoms with Gasteiger partial charge in [0.15, 0.2) is 0 Å². The van der Waals surface area contributed by atoms with E-state index in [-0.39, 0.29) is 16.5 Å². The van der Waals surface area contributed by atoms with E-state index in [9.17, 15) is 18.5 Å². The largest absolute Gasteiger partial charge is 0.269 e. The summed E-state index contributed by atoms with van der Waals surface area (Å²) in [5.41, 5.74) is 1.02. The maximum atomic E-state index is 13.0. The van der Waals surface area contributed by atoms with Crippen LogP contribution in [0.3, 0.4) is 0 Å². The fraction of sp³-hybridized carbons (Fsp3) is 0.300. The molecule has 3 aromatic rings. The van der Waals surface area contributed by atoms with Gasteiger partial charge >= 0.3 is 0 Å². The average molecular weight is 445 g/mol. The molecule has 8 nitrogen and oxygen atoms in total. The van der Waals surface area contributed by atoms with Gasteiger partial charge in [0.2, 0.25) is 10.0 Å². The number of hydrogen-bond donors (Lipinski definition) is 0. The molecule has 156 valence electrons. The van der Waals surface area contributed by atoms with Crippen LogP contribution in [-0.2, 0) is 16.4 Å². The first-order valence-corrected chi connectivity index (χ1v) is 11.8. The third-order valence-corrected chi connectivity index (χ3v) is 8.06. The van der Waals surface area contributed by atoms with Crippen LogP contribution in [0.1, 0.15) is 34.3 Å². The number of piperidine rings is 1. The smallest absolute Gasteiger partial charge is 0.258 e. The summed E-state index contributed by atoms with van der Waals surface area (Å²) in [6.07, 6.45) is 2.28. The number of non-ortho nitro benzene ring substituents is 1. The van der Waals surface area contributed by atoms with Gasteiger partial charge in [0.05, 0.1) is 9.82 Å². The molecule has 0 amide bonds. The maximum absolute atomic E-state index is 13.0. The normalized spacial score (nSPS) is 17.7. The third-order valence-electron chi connectivity index (χ3n) is 5.10. The van der Waals surface area contributed by atoms with Crippen LogP contribution in [0.4, 0.5) is 5.69 Å². The fourth-order valence-electron chi connectivity index (χ4n) is 3.52. The summed E-state index contributed by atoms with van der Waals surface area (Å²) in [5, 5.41) is 21.2. The minimum atomic E-state index is -3.72. The van der Waals surface area contributed by atoms with Crippen molar-refractivity contribution in [2.24, 2.45) is 0 Å². The molecule has 0 radical (unpaired) electrons. The zero-order valence-corrected chi connectivity index (χ0v) is 17.7. The van der Waals surface area contributed by atoms with Crippen molar-refractivity contribution in [2.45, 2.75) is 30.1 Å². The number of rotatable bonds is 6. The highest BCUT2D eigenvalue weighted by atomic mass is 32.2. The first-order valence-electron chi connectivity index (χ1n) is 9.54. The third kappa shape index (κ3) is 4.40. The van der Waals surface area contributed by atoms with Crippen molar-refractivity contribution in [1.29, 1.82) is 0 Å². The molecule has 0 bridgehead atoms. The number of benzene rings is 2. The Morgan fingerprint density at radius 3 is 2.53 bits per heavy atom. The monoisotopic (exact) mass is 444 g/mol. The second kappa shape index (κ2) is 8.58. The van der Waals surface area contributed by atoms with Crippen molar-refractivity contribution >= 4 is 27.0 Å². The van der Waals surface area contributed by atoms with Crippen molar-refractivity contribution in [2.75, 3.05) is 13.1 Å². The van der Waals surface area contributed by atoms with Gasteiger partial charge in [-0.1, -0.05) is 30.3 Å². The molecule has 1 unspecified atom stereocenters. The minimum Gasteiger partial charge on any atom is -0.258 e. The summed E-state index contributed by atoms with van der Waals surface area (Å²) >= 11 is 1.53. The predicted molar refractivity (Wildman–Crippen MR) is 113 cm³/mol. The molecule has 1 saturated heterocycles. The van der Waals surface area contributed by atoms with E-state index >= 15 is 0 Å². The van der Waals surface area contributed by atoms with Crippen molar-refractivity contribution in [1.82, 2.24) is 14.5 Å². The van der Waals surface area contributed by atoms with Crippen LogP contribution in [0, 0.1) is 10.1 Å². The number of nitrogens with zero attached hydrogens (tertiary/aromatic N) is 4. The van der Waals surface area contributed by atoms with Crippen molar-refractivity contribution in [3.63, 3.8) is 0 Å². The topological polar surface area (TPSA) is 106 Å². The van der Waals surface area contributed by atoms with E-state index in [1.54, 1.807) is 0 Å². The molecule has 2 aromatic carbocycles. The van der Waals surface area contributed by atoms with Crippen molar-refractivity contribution in [3.05, 3.63) is 80.3 Å². The SMILES string of the molecule is O=[N+]([O-])c1ccc(S(=O)(=O)N2CCCC(c3nnc(Cc4ccccc4)s3)C2)cc1. The lowest BCUT2D eigenvalue weighted by molar-refractivity contribution is -0.384. The van der Waals surface area contributed by atoms with Crippen molar-refractivity contribution < 1.29 is 13.3 Å². The summed E-state index contributed by atoms with van der Waals surface area (Å²) in [5.74, 6) is -0.00593. The summed E-state index contributed by atoms with van der Waals surface area (Å²) in [6.45, 7) is 0.755. The summed E-state index contributed by atoms with van der Waals surface area (Å²) in [7, 11) is -3.72. The molecule has 1 aromatic heterocycles. The Bertz CT molecular complexity index is 1130. The molecule has 1 fully saturated rings. The first kappa shape index (κ1) is 20.6. The average Bonchev–Trinajstić information content (AvgIpc) is 3.23. The molecular formula is C20H20N4O4S2. The molecule has 0 aliphatic carbocycles. The lowest BCUT2D eigenvalue weighted by atomic mass is 10.0. The van der Waals surface area contributed by atoms with Crippen LogP contribution in [0.15, 0.2) is 59.5 Å². The quantitative estimate of drug-likeness (QED) is 0.425. The van der Waals surface area contributed by atoms with E-state index in [2.05, 4.69) is 10.2 Å². The molecule has 1 atom stereocenters. The Hall–Kier alpha value is -2.69. The molecule has 1 aliphatic rings. The first-order chi connectivity index (χ1) is 14.4. The Labute approximate surface area is 178 Å². The highest BCUT2D eigenvalue weighted by molar-refractivity contribution is 7.89. The number of hydrogen-bond acceptors (Lipinski definition) is 7. The zero-order valence-electron chi connectivity index (χ0n) is 16.0. The van der Waals surface area contributed by atoms with Crippen LogP contribution in [0.25, 0.3) is 0 Å². The summed E-state index contributed by atoms with van der Waals surface area (Å²) in [4.78, 5) is 10.3. The molecule has 4 rings (SSSR count). The van der Waals surface area contributed by atoms with E-state index in [0.29, 0.717) is 19.5 Å². The van der Waals surface area contributed by atoms with Gasteiger partial charge in [-0.25, -0.2) is 8.42 Å². The zero-order chi connectivity index (χ0) is 21.1. The van der Waals surface area contributed by atoms with Crippen LogP contribution >= 0.6 is 11.3 Å². The van der Waals surface area contributed by atoms with Gasteiger partial charge in [-0.15, -0.1) is 21.5 Å². The number of nitro groups is 1. The Kier molecular flexibility index (Phi) is 5.89. The number of nitro benzene ring substituents is 1. The van der Waals surface area contributed by atoms with E-state index in [1.165, 1.54) is 39.9 Å². The Morgan fingerprint density at radius 1 is 1.10 bits per heavy atom. The van der Waals surface area contributed by atoms with Gasteiger partial charge in [0.1, 0.15) is 10.0 Å². The van der Waals surface area contributed by atoms with E-state index < -0.39 is 14.9 Å². The number of aromatic nitrogens is 2. The van der Waals surface area contributed by atoms with Crippen molar-refractivity contribution in [3.8, 4) is 0 Å². The molecule has 1 aliphatic heterocycles. The standard InChI is InChI=1S/C20H20N4O4S2/c25-24(26)17-8-10-18(11-9-17)30(27,28)23-12-4-7-16(14-23)20-22-21-19(29-20)13-15-5-2-1-3-6-15/h1-3,5-6,8-11,16H,4,7,12-14H2. The van der Waals surface area contributed by atoms with Gasteiger partial charge in [-0.3, -0.25) is 10.1 Å². The lowest BCUT2D eigenvalue weighted by Gasteiger charge is -2.30. The second-order valence-electron chi connectivity index (χ2n) is 7.15. The molecule has 30 heavy (non-hydrogen) atoms. The highest BCUT2D eigenvalue weighted by Gasteiger charge is 2.32. The highest BCUT2D eigenvalue weighted by Crippen LogP contribution is 2.32. The van der Waals surface area contributed by atoms with E-state index in [4.69, 9.17) is 0 Å². The summed E-state index contributed by atoms with van der Waals surface area (Å²) in [6, 6.07) is 15.0. The molecule has 0 saturated carbocycles. The molecular weight excluding hydrogens is 424 g/mol. The van der Waals surface area contributed by atoms with Crippen LogP contribution in [0.2, 0.25) is 0 Å². The predicted octanol–water partition coefficient (Wildman–Crippen LogP) is 3.61. The van der Waals surface area contributed by atoms with Crippen LogP contribution in [0.5, 0.6) is 0 Å². The van der Waals surface area contributed by atoms with Crippen LogP contribution in [-0.4, -0.2) is 40.9 Å². The Balaban J connectivity index is 1.48. The van der Waals surface area contributed by atoms with E-state index in [0.717, 1.165) is 28.4 Å².